The number of carbonyl (C=O) groups excluding carboxylic acids is 1. The third-order valence-electron chi connectivity index (χ3n) is 2.62. The number of unbranched alkanes of at least 4 members (excludes halogenated alkanes) is 1. The minimum atomic E-state index is -4.68. The van der Waals surface area contributed by atoms with Crippen LogP contribution in [0.2, 0.25) is 0 Å². The molecule has 0 fully saturated rings. The van der Waals surface area contributed by atoms with Crippen LogP contribution in [0.4, 0.5) is 13.2 Å². The van der Waals surface area contributed by atoms with Crippen LogP contribution < -0.4 is 5.32 Å². The Kier molecular flexibility index (Phi) is 7.18. The van der Waals surface area contributed by atoms with E-state index in [0.29, 0.717) is 12.8 Å². The van der Waals surface area contributed by atoms with Crippen LogP contribution in [0.15, 0.2) is 0 Å². The fraction of sp³-hybridized carbons (Fsp3) is 0.909. The summed E-state index contributed by atoms with van der Waals surface area (Å²) in [7, 11) is 0. The predicted molar refractivity (Wildman–Crippen MR) is 58.4 cm³/mol. The topological polar surface area (TPSA) is 49.3 Å². The van der Waals surface area contributed by atoms with Gasteiger partial charge in [0, 0.05) is 5.92 Å². The van der Waals surface area contributed by atoms with Crippen molar-refractivity contribution in [2.75, 3.05) is 6.54 Å². The standard InChI is InChI=1S/C11H20F3NO2/c1-3-5-6-8(4-2)10(17)15-7-9(16)11(12,13)14/h8-9,16H,3-7H2,1-2H3,(H,15,17). The minimum absolute atomic E-state index is 0.268. The van der Waals surface area contributed by atoms with E-state index in [4.69, 9.17) is 5.11 Å². The molecule has 0 aromatic rings. The first kappa shape index (κ1) is 16.2. The van der Waals surface area contributed by atoms with Crippen molar-refractivity contribution in [3.63, 3.8) is 0 Å². The molecule has 6 heteroatoms. The Labute approximate surface area is 99.4 Å². The molecule has 0 saturated heterocycles. The lowest BCUT2D eigenvalue weighted by atomic mass is 9.98. The normalized spacial score (nSPS) is 15.4. The van der Waals surface area contributed by atoms with Crippen LogP contribution in [-0.4, -0.2) is 29.8 Å². The zero-order valence-corrected chi connectivity index (χ0v) is 10.2. The first-order chi connectivity index (χ1) is 7.82. The maximum Gasteiger partial charge on any atom is 0.416 e. The molecule has 2 N–H and O–H groups in total. The summed E-state index contributed by atoms with van der Waals surface area (Å²) >= 11 is 0. The molecule has 17 heavy (non-hydrogen) atoms. The van der Waals surface area contributed by atoms with Gasteiger partial charge < -0.3 is 10.4 Å². The average molecular weight is 255 g/mol. The van der Waals surface area contributed by atoms with Crippen molar-refractivity contribution in [3.8, 4) is 0 Å². The van der Waals surface area contributed by atoms with Gasteiger partial charge in [-0.1, -0.05) is 26.7 Å². The lowest BCUT2D eigenvalue weighted by molar-refractivity contribution is -0.202. The molecule has 0 aliphatic heterocycles. The van der Waals surface area contributed by atoms with Gasteiger partial charge in [-0.05, 0) is 12.8 Å². The predicted octanol–water partition coefficient (Wildman–Crippen LogP) is 2.24. The van der Waals surface area contributed by atoms with Gasteiger partial charge in [-0.3, -0.25) is 4.79 Å². The second-order valence-electron chi connectivity index (χ2n) is 4.05. The molecule has 0 rings (SSSR count). The molecule has 1 amide bonds. The number of hydrogen-bond donors (Lipinski definition) is 2. The maximum absolute atomic E-state index is 12.0. The quantitative estimate of drug-likeness (QED) is 0.733. The molecule has 0 radical (unpaired) electrons. The Morgan fingerprint density at radius 3 is 2.35 bits per heavy atom. The van der Waals surface area contributed by atoms with Gasteiger partial charge >= 0.3 is 6.18 Å². The highest BCUT2D eigenvalue weighted by Crippen LogP contribution is 2.19. The molecular weight excluding hydrogens is 235 g/mol. The van der Waals surface area contributed by atoms with Crippen molar-refractivity contribution >= 4 is 5.91 Å². The van der Waals surface area contributed by atoms with Crippen LogP contribution in [0.1, 0.15) is 39.5 Å². The molecule has 0 saturated carbocycles. The Morgan fingerprint density at radius 1 is 1.35 bits per heavy atom. The number of alkyl halides is 3. The van der Waals surface area contributed by atoms with Crippen molar-refractivity contribution in [3.05, 3.63) is 0 Å². The number of aliphatic hydroxyl groups excluding tert-OH is 1. The third kappa shape index (κ3) is 6.51. The number of halogens is 3. The molecule has 3 nitrogen and oxygen atoms in total. The van der Waals surface area contributed by atoms with E-state index in [1.165, 1.54) is 0 Å². The SMILES string of the molecule is CCCCC(CC)C(=O)NCC(O)C(F)(F)F. The van der Waals surface area contributed by atoms with Crippen LogP contribution in [0, 0.1) is 5.92 Å². The van der Waals surface area contributed by atoms with Gasteiger partial charge in [-0.2, -0.15) is 13.2 Å². The van der Waals surface area contributed by atoms with E-state index >= 15 is 0 Å². The lowest BCUT2D eigenvalue weighted by Crippen LogP contribution is -2.42. The van der Waals surface area contributed by atoms with Crippen LogP contribution in [0.25, 0.3) is 0 Å². The maximum atomic E-state index is 12.0. The molecule has 0 aliphatic carbocycles. The number of carbonyl (C=O) groups is 1. The van der Waals surface area contributed by atoms with E-state index in [9.17, 15) is 18.0 Å². The summed E-state index contributed by atoms with van der Waals surface area (Å²) in [6.07, 6.45) is -4.11. The lowest BCUT2D eigenvalue weighted by Gasteiger charge is -2.18. The monoisotopic (exact) mass is 255 g/mol. The van der Waals surface area contributed by atoms with Crippen molar-refractivity contribution < 1.29 is 23.1 Å². The highest BCUT2D eigenvalue weighted by atomic mass is 19.4. The molecule has 102 valence electrons. The molecule has 2 unspecified atom stereocenters. The summed E-state index contributed by atoms with van der Waals surface area (Å²) in [5.74, 6) is -0.681. The molecule has 0 aromatic carbocycles. The molecule has 0 aliphatic rings. The second-order valence-corrected chi connectivity index (χ2v) is 4.05. The number of rotatable bonds is 7. The first-order valence-electron chi connectivity index (χ1n) is 5.85. The smallest absolute Gasteiger partial charge is 0.382 e. The number of nitrogens with one attached hydrogen (secondary N) is 1. The number of hydrogen-bond acceptors (Lipinski definition) is 2. The van der Waals surface area contributed by atoms with Gasteiger partial charge in [0.15, 0.2) is 6.10 Å². The second kappa shape index (κ2) is 7.53. The largest absolute Gasteiger partial charge is 0.416 e. The van der Waals surface area contributed by atoms with Crippen LogP contribution in [0.3, 0.4) is 0 Å². The van der Waals surface area contributed by atoms with Crippen molar-refractivity contribution in [2.45, 2.75) is 51.8 Å². The molecular formula is C11H20F3NO2. The van der Waals surface area contributed by atoms with Gasteiger partial charge in [0.2, 0.25) is 5.91 Å². The zero-order valence-electron chi connectivity index (χ0n) is 10.2. The molecule has 2 atom stereocenters. The zero-order chi connectivity index (χ0) is 13.5. The Balaban J connectivity index is 4.06. The fourth-order valence-corrected chi connectivity index (χ4v) is 1.43. The summed E-state index contributed by atoms with van der Waals surface area (Å²) < 4.78 is 36.0. The molecule has 0 aromatic heterocycles. The first-order valence-corrected chi connectivity index (χ1v) is 5.85. The van der Waals surface area contributed by atoms with Crippen LogP contribution in [-0.2, 0) is 4.79 Å². The van der Waals surface area contributed by atoms with E-state index in [1.54, 1.807) is 0 Å². The molecule has 0 heterocycles. The summed E-state index contributed by atoms with van der Waals surface area (Å²) in [6, 6.07) is 0. The fourth-order valence-electron chi connectivity index (χ4n) is 1.43. The highest BCUT2D eigenvalue weighted by Gasteiger charge is 2.38. The van der Waals surface area contributed by atoms with Gasteiger partial charge in [0.25, 0.3) is 0 Å². The van der Waals surface area contributed by atoms with Gasteiger partial charge in [-0.15, -0.1) is 0 Å². The van der Waals surface area contributed by atoms with E-state index in [-0.39, 0.29) is 5.92 Å². The summed E-state index contributed by atoms with van der Waals surface area (Å²) in [4.78, 5) is 11.5. The van der Waals surface area contributed by atoms with Gasteiger partial charge in [0.1, 0.15) is 0 Å². The minimum Gasteiger partial charge on any atom is -0.382 e. The van der Waals surface area contributed by atoms with Crippen LogP contribution >= 0.6 is 0 Å². The van der Waals surface area contributed by atoms with Crippen molar-refractivity contribution in [1.29, 1.82) is 0 Å². The Morgan fingerprint density at radius 2 is 1.94 bits per heavy atom. The van der Waals surface area contributed by atoms with E-state index < -0.39 is 24.7 Å². The van der Waals surface area contributed by atoms with E-state index in [1.807, 2.05) is 13.8 Å². The van der Waals surface area contributed by atoms with Gasteiger partial charge in [0.05, 0.1) is 6.54 Å². The summed E-state index contributed by atoms with van der Waals surface area (Å²) in [5.41, 5.74) is 0. The van der Waals surface area contributed by atoms with Gasteiger partial charge in [-0.25, -0.2) is 0 Å². The van der Waals surface area contributed by atoms with E-state index in [2.05, 4.69) is 5.32 Å². The Hall–Kier alpha value is -0.780. The molecule has 0 bridgehead atoms. The number of amides is 1. The Bertz CT molecular complexity index is 231. The van der Waals surface area contributed by atoms with Crippen molar-refractivity contribution in [2.24, 2.45) is 5.92 Å². The average Bonchev–Trinajstić information content (AvgIpc) is 2.25. The van der Waals surface area contributed by atoms with Crippen molar-refractivity contribution in [1.82, 2.24) is 5.32 Å². The van der Waals surface area contributed by atoms with E-state index in [0.717, 1.165) is 12.8 Å². The molecule has 0 spiro atoms. The summed E-state index contributed by atoms with van der Waals surface area (Å²) in [5, 5.41) is 10.9. The third-order valence-corrected chi connectivity index (χ3v) is 2.62. The number of aliphatic hydroxyl groups is 1. The van der Waals surface area contributed by atoms with Crippen LogP contribution in [0.5, 0.6) is 0 Å². The highest BCUT2D eigenvalue weighted by molar-refractivity contribution is 5.78. The summed E-state index contributed by atoms with van der Waals surface area (Å²) in [6.45, 7) is 3.03.